The van der Waals surface area contributed by atoms with Gasteiger partial charge in [0, 0.05) is 12.1 Å². The molecule has 0 aliphatic carbocycles. The van der Waals surface area contributed by atoms with Crippen molar-refractivity contribution in [2.45, 2.75) is 19.3 Å². The summed E-state index contributed by atoms with van der Waals surface area (Å²) in [5.41, 5.74) is 0.546. The Bertz CT molecular complexity index is 269. The van der Waals surface area contributed by atoms with Crippen molar-refractivity contribution in [3.8, 4) is 5.75 Å². The maximum absolute atomic E-state index is 9.23. The Hall–Kier alpha value is -1.26. The van der Waals surface area contributed by atoms with Crippen molar-refractivity contribution in [1.82, 2.24) is 0 Å². The molecule has 0 amide bonds. The number of anilines is 1. The first kappa shape index (κ1) is 9.83. The summed E-state index contributed by atoms with van der Waals surface area (Å²) in [6.45, 7) is 1.65. The highest BCUT2D eigenvalue weighted by molar-refractivity contribution is 5.46. The van der Waals surface area contributed by atoms with Gasteiger partial charge < -0.3 is 20.6 Å². The number of rotatable bonds is 3. The van der Waals surface area contributed by atoms with Gasteiger partial charge in [-0.2, -0.15) is 0 Å². The lowest BCUT2D eigenvalue weighted by Crippen LogP contribution is -2.36. The normalized spacial score (nSPS) is 11.3. The third-order valence-corrected chi connectivity index (χ3v) is 1.70. The average molecular weight is 183 g/mol. The summed E-state index contributed by atoms with van der Waals surface area (Å²) in [5.74, 6) is -1.75. The van der Waals surface area contributed by atoms with Crippen LogP contribution in [0.4, 0.5) is 5.69 Å². The molecular weight excluding hydrogens is 170 g/mol. The average Bonchev–Trinajstić information content (AvgIpc) is 2.09. The van der Waals surface area contributed by atoms with Crippen LogP contribution < -0.4 is 5.32 Å². The summed E-state index contributed by atoms with van der Waals surface area (Å²) in [4.78, 5) is 0. The van der Waals surface area contributed by atoms with Gasteiger partial charge in [-0.25, -0.2) is 0 Å². The van der Waals surface area contributed by atoms with Gasteiger partial charge in [-0.1, -0.05) is 6.92 Å². The zero-order chi connectivity index (χ0) is 9.90. The fourth-order valence-corrected chi connectivity index (χ4v) is 0.864. The topological polar surface area (TPSA) is 72.7 Å². The van der Waals surface area contributed by atoms with E-state index in [1.165, 1.54) is 12.1 Å². The smallest absolute Gasteiger partial charge is 0.243 e. The molecule has 4 nitrogen and oxygen atoms in total. The number of phenolic OH excluding ortho intramolecular Hbond substituents is 1. The van der Waals surface area contributed by atoms with Crippen molar-refractivity contribution in [2.24, 2.45) is 0 Å². The highest BCUT2D eigenvalue weighted by Crippen LogP contribution is 2.17. The van der Waals surface area contributed by atoms with Crippen LogP contribution in [0.5, 0.6) is 5.75 Å². The lowest BCUT2D eigenvalue weighted by Gasteiger charge is -2.22. The number of aliphatic hydroxyl groups is 2. The van der Waals surface area contributed by atoms with Crippen LogP contribution in [0.3, 0.4) is 0 Å². The second-order valence-corrected chi connectivity index (χ2v) is 2.84. The summed E-state index contributed by atoms with van der Waals surface area (Å²) in [5, 5.41) is 29.9. The molecule has 13 heavy (non-hydrogen) atoms. The van der Waals surface area contributed by atoms with E-state index in [9.17, 15) is 10.2 Å². The Morgan fingerprint density at radius 3 is 2.23 bits per heavy atom. The third kappa shape index (κ3) is 2.93. The van der Waals surface area contributed by atoms with Gasteiger partial charge in [0.05, 0.1) is 0 Å². The van der Waals surface area contributed by atoms with E-state index in [0.29, 0.717) is 5.69 Å². The van der Waals surface area contributed by atoms with Gasteiger partial charge in [-0.05, 0) is 24.3 Å². The number of hydrogen-bond acceptors (Lipinski definition) is 4. The van der Waals surface area contributed by atoms with E-state index in [1.807, 2.05) is 0 Å². The van der Waals surface area contributed by atoms with E-state index in [-0.39, 0.29) is 12.2 Å². The van der Waals surface area contributed by atoms with Gasteiger partial charge in [0.25, 0.3) is 0 Å². The summed E-state index contributed by atoms with van der Waals surface area (Å²) >= 11 is 0. The molecule has 0 aliphatic rings. The molecule has 0 aliphatic heterocycles. The van der Waals surface area contributed by atoms with Crippen LogP contribution in [0.15, 0.2) is 24.3 Å². The molecule has 0 aromatic heterocycles. The van der Waals surface area contributed by atoms with Crippen LogP contribution in [0.2, 0.25) is 0 Å². The van der Waals surface area contributed by atoms with Crippen LogP contribution in [0.1, 0.15) is 13.3 Å². The second-order valence-electron chi connectivity index (χ2n) is 2.84. The Morgan fingerprint density at radius 1 is 1.23 bits per heavy atom. The van der Waals surface area contributed by atoms with Crippen LogP contribution in [-0.4, -0.2) is 21.2 Å². The molecule has 0 saturated heterocycles. The molecule has 1 aromatic rings. The molecule has 0 radical (unpaired) electrons. The number of phenols is 1. The number of nitrogens with one attached hydrogen (secondary N) is 1. The minimum Gasteiger partial charge on any atom is -0.508 e. The number of aromatic hydroxyl groups is 1. The summed E-state index contributed by atoms with van der Waals surface area (Å²) < 4.78 is 0. The molecule has 4 N–H and O–H groups in total. The predicted molar refractivity (Wildman–Crippen MR) is 49.2 cm³/mol. The summed E-state index contributed by atoms with van der Waals surface area (Å²) in [6.07, 6.45) is 0.174. The van der Waals surface area contributed by atoms with E-state index >= 15 is 0 Å². The molecule has 0 fully saturated rings. The van der Waals surface area contributed by atoms with Gasteiger partial charge in [0.15, 0.2) is 0 Å². The standard InChI is InChI=1S/C9H13NO3/c1-2-9(12,13)10-7-3-5-8(11)6-4-7/h3-6,10-13H,2H2,1H3. The fourth-order valence-electron chi connectivity index (χ4n) is 0.864. The van der Waals surface area contributed by atoms with Crippen LogP contribution >= 0.6 is 0 Å². The van der Waals surface area contributed by atoms with Crippen molar-refractivity contribution < 1.29 is 15.3 Å². The lowest BCUT2D eigenvalue weighted by molar-refractivity contribution is -0.137. The van der Waals surface area contributed by atoms with Gasteiger partial charge in [-0.15, -0.1) is 0 Å². The maximum Gasteiger partial charge on any atom is 0.243 e. The van der Waals surface area contributed by atoms with Crippen LogP contribution in [0, 0.1) is 0 Å². The predicted octanol–water partition coefficient (Wildman–Crippen LogP) is 0.853. The van der Waals surface area contributed by atoms with Crippen molar-refractivity contribution >= 4 is 5.69 Å². The molecule has 0 bridgehead atoms. The van der Waals surface area contributed by atoms with Crippen molar-refractivity contribution in [2.75, 3.05) is 5.32 Å². The van der Waals surface area contributed by atoms with E-state index in [1.54, 1.807) is 19.1 Å². The van der Waals surface area contributed by atoms with E-state index in [2.05, 4.69) is 5.32 Å². The highest BCUT2D eigenvalue weighted by Gasteiger charge is 2.18. The molecule has 1 aromatic carbocycles. The Kier molecular flexibility index (Phi) is 2.75. The molecule has 1 rings (SSSR count). The van der Waals surface area contributed by atoms with Crippen LogP contribution in [-0.2, 0) is 0 Å². The second kappa shape index (κ2) is 3.64. The quantitative estimate of drug-likeness (QED) is 0.414. The largest absolute Gasteiger partial charge is 0.508 e. The summed E-state index contributed by atoms with van der Waals surface area (Å²) in [6, 6.07) is 6.06. The highest BCUT2D eigenvalue weighted by atomic mass is 16.5. The Balaban J connectivity index is 2.69. The Labute approximate surface area is 76.5 Å². The molecule has 0 unspecified atom stereocenters. The Morgan fingerprint density at radius 2 is 1.77 bits per heavy atom. The van der Waals surface area contributed by atoms with Gasteiger partial charge >= 0.3 is 0 Å². The van der Waals surface area contributed by atoms with Gasteiger partial charge in [-0.3, -0.25) is 0 Å². The first-order valence-corrected chi connectivity index (χ1v) is 4.05. The van der Waals surface area contributed by atoms with Crippen LogP contribution in [0.25, 0.3) is 0 Å². The van der Waals surface area contributed by atoms with E-state index in [0.717, 1.165) is 0 Å². The van der Waals surface area contributed by atoms with E-state index in [4.69, 9.17) is 5.11 Å². The first-order chi connectivity index (χ1) is 6.03. The van der Waals surface area contributed by atoms with E-state index < -0.39 is 5.91 Å². The summed E-state index contributed by atoms with van der Waals surface area (Å²) in [7, 11) is 0. The maximum atomic E-state index is 9.23. The SMILES string of the molecule is CCC(O)(O)Nc1ccc(O)cc1. The zero-order valence-electron chi connectivity index (χ0n) is 7.36. The molecule has 0 atom stereocenters. The molecular formula is C9H13NO3. The molecule has 0 spiro atoms. The molecule has 0 heterocycles. The van der Waals surface area contributed by atoms with Crippen molar-refractivity contribution in [3.63, 3.8) is 0 Å². The fraction of sp³-hybridized carbons (Fsp3) is 0.333. The van der Waals surface area contributed by atoms with Gasteiger partial charge in [0.2, 0.25) is 5.91 Å². The molecule has 0 saturated carbocycles. The number of benzene rings is 1. The third-order valence-electron chi connectivity index (χ3n) is 1.70. The first-order valence-electron chi connectivity index (χ1n) is 4.05. The van der Waals surface area contributed by atoms with Crippen molar-refractivity contribution in [1.29, 1.82) is 0 Å². The number of hydrogen-bond donors (Lipinski definition) is 4. The molecule has 4 heteroatoms. The van der Waals surface area contributed by atoms with Gasteiger partial charge in [0.1, 0.15) is 5.75 Å². The lowest BCUT2D eigenvalue weighted by atomic mass is 10.2. The minimum atomic E-state index is -1.89. The van der Waals surface area contributed by atoms with Crippen molar-refractivity contribution in [3.05, 3.63) is 24.3 Å². The molecule has 72 valence electrons. The minimum absolute atomic E-state index is 0.142. The zero-order valence-corrected chi connectivity index (χ0v) is 7.36. The monoisotopic (exact) mass is 183 g/mol.